The molecule has 1 aliphatic heterocycles. The largest absolute Gasteiger partial charge is 0.392 e. The van der Waals surface area contributed by atoms with E-state index >= 15 is 0 Å². The molecule has 1 saturated heterocycles. The molecule has 0 bridgehead atoms. The molecular weight excluding hydrogens is 220 g/mol. The fourth-order valence-electron chi connectivity index (χ4n) is 2.06. The maximum absolute atomic E-state index is 9.59. The predicted molar refractivity (Wildman–Crippen MR) is 66.7 cm³/mol. The summed E-state index contributed by atoms with van der Waals surface area (Å²) < 4.78 is 0. The average Bonchev–Trinajstić information content (AvgIpc) is 2.66. The van der Waals surface area contributed by atoms with Crippen LogP contribution in [0.5, 0.6) is 0 Å². The summed E-state index contributed by atoms with van der Waals surface area (Å²) in [6.07, 6.45) is 1.91. The van der Waals surface area contributed by atoms with Crippen LogP contribution in [0.2, 0.25) is 0 Å². The van der Waals surface area contributed by atoms with Gasteiger partial charge < -0.3 is 5.11 Å². The first-order valence-corrected chi connectivity index (χ1v) is 6.88. The van der Waals surface area contributed by atoms with Crippen LogP contribution in [0.4, 0.5) is 0 Å². The van der Waals surface area contributed by atoms with Crippen LogP contribution in [-0.2, 0) is 6.54 Å². The van der Waals surface area contributed by atoms with Gasteiger partial charge in [-0.25, -0.2) is 4.98 Å². The second-order valence-electron chi connectivity index (χ2n) is 4.86. The Morgan fingerprint density at radius 3 is 3.06 bits per heavy atom. The summed E-state index contributed by atoms with van der Waals surface area (Å²) in [6.45, 7) is 7.13. The summed E-state index contributed by atoms with van der Waals surface area (Å²) in [4.78, 5) is 6.92. The quantitative estimate of drug-likeness (QED) is 0.880. The van der Waals surface area contributed by atoms with Crippen LogP contribution >= 0.6 is 11.3 Å². The van der Waals surface area contributed by atoms with Crippen LogP contribution in [0.15, 0.2) is 5.38 Å². The van der Waals surface area contributed by atoms with Gasteiger partial charge in [0, 0.05) is 24.4 Å². The summed E-state index contributed by atoms with van der Waals surface area (Å²) in [7, 11) is 0. The fourth-order valence-corrected chi connectivity index (χ4v) is 2.89. The second kappa shape index (κ2) is 5.25. The molecule has 1 aromatic rings. The minimum absolute atomic E-state index is 0.142. The van der Waals surface area contributed by atoms with Gasteiger partial charge in [0.25, 0.3) is 0 Å². The molecular formula is C12H20N2OS. The molecule has 0 radical (unpaired) electrons. The highest BCUT2D eigenvalue weighted by molar-refractivity contribution is 7.09. The van der Waals surface area contributed by atoms with Crippen molar-refractivity contribution in [2.24, 2.45) is 0 Å². The Kier molecular flexibility index (Phi) is 3.95. The fraction of sp³-hybridized carbons (Fsp3) is 0.750. The Balaban J connectivity index is 1.92. The van der Waals surface area contributed by atoms with E-state index in [4.69, 9.17) is 0 Å². The lowest BCUT2D eigenvalue weighted by molar-refractivity contribution is 0.0663. The molecule has 0 saturated carbocycles. The maximum Gasteiger partial charge on any atom is 0.0954 e. The van der Waals surface area contributed by atoms with Crippen LogP contribution in [0.25, 0.3) is 0 Å². The van der Waals surface area contributed by atoms with Gasteiger partial charge >= 0.3 is 0 Å². The lowest BCUT2D eigenvalue weighted by Crippen LogP contribution is -2.37. The zero-order valence-electron chi connectivity index (χ0n) is 10.0. The lowest BCUT2D eigenvalue weighted by Gasteiger charge is -2.29. The van der Waals surface area contributed by atoms with Crippen molar-refractivity contribution in [2.75, 3.05) is 13.1 Å². The van der Waals surface area contributed by atoms with E-state index in [1.807, 2.05) is 0 Å². The van der Waals surface area contributed by atoms with E-state index in [1.54, 1.807) is 11.3 Å². The Morgan fingerprint density at radius 1 is 1.62 bits per heavy atom. The van der Waals surface area contributed by atoms with E-state index in [9.17, 15) is 5.11 Å². The number of piperidine rings is 1. The zero-order chi connectivity index (χ0) is 11.5. The molecule has 1 atom stereocenters. The monoisotopic (exact) mass is 240 g/mol. The molecule has 2 rings (SSSR count). The van der Waals surface area contributed by atoms with Crippen molar-refractivity contribution in [3.05, 3.63) is 16.1 Å². The number of aliphatic hydroxyl groups excluding tert-OH is 1. The summed E-state index contributed by atoms with van der Waals surface area (Å²) in [5.41, 5.74) is 1.16. The van der Waals surface area contributed by atoms with E-state index in [-0.39, 0.29) is 6.10 Å². The molecule has 16 heavy (non-hydrogen) atoms. The molecule has 1 aliphatic rings. The van der Waals surface area contributed by atoms with Crippen LogP contribution in [0.1, 0.15) is 43.3 Å². The SMILES string of the molecule is CC(C)c1nc(CN2CCCC(O)C2)cs1. The van der Waals surface area contributed by atoms with Gasteiger partial charge in [0.1, 0.15) is 0 Å². The standard InChI is InChI=1S/C12H20N2OS/c1-9(2)12-13-10(8-16-12)6-14-5-3-4-11(15)7-14/h8-9,11,15H,3-7H2,1-2H3. The molecule has 1 unspecified atom stereocenters. The first-order chi connectivity index (χ1) is 7.65. The summed E-state index contributed by atoms with van der Waals surface area (Å²) in [5, 5.41) is 13.0. The van der Waals surface area contributed by atoms with Gasteiger partial charge in [-0.1, -0.05) is 13.8 Å². The summed E-state index contributed by atoms with van der Waals surface area (Å²) >= 11 is 1.75. The van der Waals surface area contributed by atoms with Crippen molar-refractivity contribution in [2.45, 2.75) is 45.3 Å². The van der Waals surface area contributed by atoms with Crippen molar-refractivity contribution >= 4 is 11.3 Å². The van der Waals surface area contributed by atoms with E-state index in [0.29, 0.717) is 5.92 Å². The third-order valence-electron chi connectivity index (χ3n) is 2.93. The van der Waals surface area contributed by atoms with Crippen molar-refractivity contribution in [1.29, 1.82) is 0 Å². The Bertz CT molecular complexity index is 338. The molecule has 0 spiro atoms. The first kappa shape index (κ1) is 12.0. The molecule has 3 nitrogen and oxygen atoms in total. The molecule has 90 valence electrons. The first-order valence-electron chi connectivity index (χ1n) is 6.00. The predicted octanol–water partition coefficient (Wildman–Crippen LogP) is 2.22. The number of β-amino-alcohol motifs (C(OH)–C–C–N with tert-alkyl or cyclic N) is 1. The molecule has 0 aromatic carbocycles. The molecule has 4 heteroatoms. The number of aliphatic hydroxyl groups is 1. The van der Waals surface area contributed by atoms with E-state index in [1.165, 1.54) is 5.01 Å². The van der Waals surface area contributed by atoms with Gasteiger partial charge in [0.2, 0.25) is 0 Å². The number of hydrogen-bond acceptors (Lipinski definition) is 4. The van der Waals surface area contributed by atoms with E-state index in [0.717, 1.165) is 38.2 Å². The highest BCUT2D eigenvalue weighted by Gasteiger charge is 2.18. The third kappa shape index (κ3) is 3.03. The van der Waals surface area contributed by atoms with Crippen LogP contribution in [-0.4, -0.2) is 34.2 Å². The van der Waals surface area contributed by atoms with Crippen LogP contribution < -0.4 is 0 Å². The maximum atomic E-state index is 9.59. The highest BCUT2D eigenvalue weighted by atomic mass is 32.1. The Labute approximate surface area is 101 Å². The normalized spacial score (nSPS) is 22.9. The molecule has 1 N–H and O–H groups in total. The molecule has 1 aromatic heterocycles. The number of nitrogens with zero attached hydrogens (tertiary/aromatic N) is 2. The topological polar surface area (TPSA) is 36.4 Å². The van der Waals surface area contributed by atoms with Gasteiger partial charge in [-0.05, 0) is 19.4 Å². The molecule has 1 fully saturated rings. The number of thiazole rings is 1. The average molecular weight is 240 g/mol. The highest BCUT2D eigenvalue weighted by Crippen LogP contribution is 2.21. The summed E-state index contributed by atoms with van der Waals surface area (Å²) in [5.74, 6) is 0.519. The van der Waals surface area contributed by atoms with Crippen molar-refractivity contribution in [3.8, 4) is 0 Å². The van der Waals surface area contributed by atoms with Crippen molar-refractivity contribution < 1.29 is 5.11 Å². The van der Waals surface area contributed by atoms with Crippen molar-refractivity contribution in [1.82, 2.24) is 9.88 Å². The van der Waals surface area contributed by atoms with Crippen LogP contribution in [0.3, 0.4) is 0 Å². The van der Waals surface area contributed by atoms with Gasteiger partial charge in [-0.2, -0.15) is 0 Å². The van der Waals surface area contributed by atoms with E-state index in [2.05, 4.69) is 29.1 Å². The lowest BCUT2D eigenvalue weighted by atomic mass is 10.1. The summed E-state index contributed by atoms with van der Waals surface area (Å²) in [6, 6.07) is 0. The Hall–Kier alpha value is -0.450. The minimum Gasteiger partial charge on any atom is -0.392 e. The van der Waals surface area contributed by atoms with Gasteiger partial charge in [0.05, 0.1) is 16.8 Å². The van der Waals surface area contributed by atoms with Gasteiger partial charge in [-0.3, -0.25) is 4.90 Å². The third-order valence-corrected chi connectivity index (χ3v) is 4.12. The molecule has 2 heterocycles. The second-order valence-corrected chi connectivity index (χ2v) is 5.75. The minimum atomic E-state index is -0.142. The number of aromatic nitrogens is 1. The van der Waals surface area contributed by atoms with Gasteiger partial charge in [-0.15, -0.1) is 11.3 Å². The zero-order valence-corrected chi connectivity index (χ0v) is 10.8. The number of rotatable bonds is 3. The van der Waals surface area contributed by atoms with E-state index < -0.39 is 0 Å². The molecule has 0 aliphatic carbocycles. The molecule has 0 amide bonds. The van der Waals surface area contributed by atoms with Crippen molar-refractivity contribution in [3.63, 3.8) is 0 Å². The number of likely N-dealkylation sites (tertiary alicyclic amines) is 1. The van der Waals surface area contributed by atoms with Crippen LogP contribution in [0, 0.1) is 0 Å². The number of hydrogen-bond donors (Lipinski definition) is 1. The Morgan fingerprint density at radius 2 is 2.44 bits per heavy atom. The smallest absolute Gasteiger partial charge is 0.0954 e. The van der Waals surface area contributed by atoms with Gasteiger partial charge in [0.15, 0.2) is 0 Å².